The number of hydrogen-bond donors (Lipinski definition) is 1. The average molecular weight is 180 g/mol. The van der Waals surface area contributed by atoms with Crippen molar-refractivity contribution in [2.24, 2.45) is 0 Å². The van der Waals surface area contributed by atoms with Gasteiger partial charge in [0.05, 0.1) is 6.10 Å². The Morgan fingerprint density at radius 3 is 2.92 bits per heavy atom. The summed E-state index contributed by atoms with van der Waals surface area (Å²) in [6.07, 6.45) is -0.149. The highest BCUT2D eigenvalue weighted by Gasteiger charge is 2.33. The Morgan fingerprint density at radius 2 is 2.23 bits per heavy atom. The number of rotatable bonds is 0. The smallest absolute Gasteiger partial charge is 0.423 e. The molecule has 2 rings (SSSR count). The lowest BCUT2D eigenvalue weighted by atomic mass is 9.78. The summed E-state index contributed by atoms with van der Waals surface area (Å²) in [5.74, 6) is -0.296. The Labute approximate surface area is 76.5 Å². The van der Waals surface area contributed by atoms with Crippen LogP contribution in [-0.2, 0) is 4.65 Å². The summed E-state index contributed by atoms with van der Waals surface area (Å²) in [5.41, 5.74) is 2.02. The lowest BCUT2D eigenvalue weighted by Gasteiger charge is -2.05. The molecular weight excluding hydrogens is 170 g/mol. The standard InChI is InChI=1S/C9H10BFO2/c1-5-3-7-6(2)13-10(12)8(7)4-9(5)11/h3-4,6,12H,1-2H3. The van der Waals surface area contributed by atoms with Crippen LogP contribution in [0.4, 0.5) is 4.39 Å². The summed E-state index contributed by atoms with van der Waals surface area (Å²) in [4.78, 5) is 0. The predicted molar refractivity (Wildman–Crippen MR) is 48.2 cm³/mol. The van der Waals surface area contributed by atoms with Crippen molar-refractivity contribution in [2.75, 3.05) is 0 Å². The zero-order chi connectivity index (χ0) is 9.59. The molecule has 13 heavy (non-hydrogen) atoms. The van der Waals surface area contributed by atoms with E-state index < -0.39 is 7.12 Å². The predicted octanol–water partition coefficient (Wildman–Crippen LogP) is 0.913. The van der Waals surface area contributed by atoms with Crippen LogP contribution in [0.15, 0.2) is 12.1 Å². The number of fused-ring (bicyclic) bond motifs is 1. The maximum absolute atomic E-state index is 13.1. The number of hydrogen-bond acceptors (Lipinski definition) is 2. The second-order valence-corrected chi connectivity index (χ2v) is 3.36. The molecule has 1 atom stereocenters. The molecule has 1 heterocycles. The van der Waals surface area contributed by atoms with Crippen LogP contribution in [0.25, 0.3) is 0 Å². The van der Waals surface area contributed by atoms with Crippen molar-refractivity contribution in [1.29, 1.82) is 0 Å². The third-order valence-corrected chi connectivity index (χ3v) is 2.40. The Hall–Kier alpha value is -0.865. The number of benzene rings is 1. The molecule has 0 aliphatic carbocycles. The van der Waals surface area contributed by atoms with Gasteiger partial charge in [0.15, 0.2) is 0 Å². The number of aryl methyl sites for hydroxylation is 1. The molecule has 2 nitrogen and oxygen atoms in total. The van der Waals surface area contributed by atoms with E-state index in [0.717, 1.165) is 5.56 Å². The van der Waals surface area contributed by atoms with Gasteiger partial charge in [0.1, 0.15) is 5.82 Å². The zero-order valence-electron chi connectivity index (χ0n) is 7.54. The summed E-state index contributed by atoms with van der Waals surface area (Å²) >= 11 is 0. The Kier molecular flexibility index (Phi) is 1.89. The van der Waals surface area contributed by atoms with Crippen LogP contribution in [0.3, 0.4) is 0 Å². The van der Waals surface area contributed by atoms with Crippen molar-refractivity contribution >= 4 is 12.6 Å². The van der Waals surface area contributed by atoms with Gasteiger partial charge in [-0.2, -0.15) is 0 Å². The summed E-state index contributed by atoms with van der Waals surface area (Å²) in [6.45, 7) is 3.54. The minimum Gasteiger partial charge on any atom is -0.423 e. The van der Waals surface area contributed by atoms with Crippen molar-refractivity contribution in [1.82, 2.24) is 0 Å². The molecule has 0 saturated heterocycles. The van der Waals surface area contributed by atoms with E-state index in [-0.39, 0.29) is 11.9 Å². The van der Waals surface area contributed by atoms with Crippen molar-refractivity contribution < 1.29 is 14.1 Å². The van der Waals surface area contributed by atoms with Crippen LogP contribution in [0.2, 0.25) is 0 Å². The fourth-order valence-corrected chi connectivity index (χ4v) is 1.63. The molecule has 0 amide bonds. The molecule has 0 spiro atoms. The molecule has 0 aromatic heterocycles. The van der Waals surface area contributed by atoms with Gasteiger partial charge in [-0.15, -0.1) is 0 Å². The van der Waals surface area contributed by atoms with Gasteiger partial charge in [-0.1, -0.05) is 6.07 Å². The van der Waals surface area contributed by atoms with Gasteiger partial charge in [-0.05, 0) is 36.5 Å². The maximum Gasteiger partial charge on any atom is 0.492 e. The van der Waals surface area contributed by atoms with Crippen molar-refractivity contribution in [3.05, 3.63) is 29.1 Å². The molecule has 0 radical (unpaired) electrons. The number of halogens is 1. The van der Waals surface area contributed by atoms with E-state index in [1.54, 1.807) is 13.0 Å². The minimum atomic E-state index is -0.972. The summed E-state index contributed by atoms with van der Waals surface area (Å²) < 4.78 is 18.2. The van der Waals surface area contributed by atoms with Crippen LogP contribution in [0.1, 0.15) is 24.2 Å². The van der Waals surface area contributed by atoms with Crippen LogP contribution in [0.5, 0.6) is 0 Å². The molecule has 1 aromatic rings. The van der Waals surface area contributed by atoms with Gasteiger partial charge in [0.25, 0.3) is 0 Å². The Balaban J connectivity index is 2.58. The highest BCUT2D eigenvalue weighted by molar-refractivity contribution is 6.61. The molecule has 1 unspecified atom stereocenters. The van der Waals surface area contributed by atoms with E-state index in [1.807, 2.05) is 6.92 Å². The van der Waals surface area contributed by atoms with Gasteiger partial charge in [0, 0.05) is 0 Å². The van der Waals surface area contributed by atoms with Gasteiger partial charge >= 0.3 is 7.12 Å². The first-order valence-corrected chi connectivity index (χ1v) is 4.23. The van der Waals surface area contributed by atoms with Crippen LogP contribution >= 0.6 is 0 Å². The molecule has 0 fully saturated rings. The van der Waals surface area contributed by atoms with Crippen LogP contribution in [0, 0.1) is 12.7 Å². The molecular formula is C9H10BFO2. The van der Waals surface area contributed by atoms with E-state index in [4.69, 9.17) is 4.65 Å². The van der Waals surface area contributed by atoms with Gasteiger partial charge < -0.3 is 9.68 Å². The minimum absolute atomic E-state index is 0.149. The largest absolute Gasteiger partial charge is 0.492 e. The first-order valence-electron chi connectivity index (χ1n) is 4.23. The third-order valence-electron chi connectivity index (χ3n) is 2.40. The quantitative estimate of drug-likeness (QED) is 0.601. The fraction of sp³-hybridized carbons (Fsp3) is 0.333. The van der Waals surface area contributed by atoms with Crippen LogP contribution < -0.4 is 5.46 Å². The molecule has 0 bridgehead atoms. The zero-order valence-corrected chi connectivity index (χ0v) is 7.54. The topological polar surface area (TPSA) is 29.5 Å². The molecule has 1 aliphatic rings. The summed E-state index contributed by atoms with van der Waals surface area (Å²) in [5, 5.41) is 9.38. The van der Waals surface area contributed by atoms with E-state index in [9.17, 15) is 9.41 Å². The van der Waals surface area contributed by atoms with Gasteiger partial charge in [-0.25, -0.2) is 4.39 Å². The summed E-state index contributed by atoms with van der Waals surface area (Å²) in [7, 11) is -0.972. The Bertz CT molecular complexity index is 321. The first-order chi connectivity index (χ1) is 6.09. The Morgan fingerprint density at radius 1 is 1.54 bits per heavy atom. The second-order valence-electron chi connectivity index (χ2n) is 3.36. The highest BCUT2D eigenvalue weighted by atomic mass is 19.1. The fourth-order valence-electron chi connectivity index (χ4n) is 1.63. The van der Waals surface area contributed by atoms with Crippen molar-refractivity contribution in [3.63, 3.8) is 0 Å². The van der Waals surface area contributed by atoms with Crippen molar-refractivity contribution in [3.8, 4) is 0 Å². The monoisotopic (exact) mass is 180 g/mol. The average Bonchev–Trinajstić information content (AvgIpc) is 2.31. The van der Waals surface area contributed by atoms with Gasteiger partial charge in [-0.3, -0.25) is 0 Å². The first kappa shape index (κ1) is 8.72. The van der Waals surface area contributed by atoms with E-state index in [0.29, 0.717) is 11.0 Å². The van der Waals surface area contributed by atoms with Crippen LogP contribution in [-0.4, -0.2) is 12.1 Å². The molecule has 1 aliphatic heterocycles. The maximum atomic E-state index is 13.1. The SMILES string of the molecule is Cc1cc2c(cc1F)B(O)OC2C. The lowest BCUT2D eigenvalue weighted by molar-refractivity contribution is 0.209. The van der Waals surface area contributed by atoms with E-state index in [1.165, 1.54) is 6.07 Å². The van der Waals surface area contributed by atoms with Crippen molar-refractivity contribution in [2.45, 2.75) is 20.0 Å². The molecule has 4 heteroatoms. The lowest BCUT2D eigenvalue weighted by Crippen LogP contribution is -2.28. The molecule has 1 aromatic carbocycles. The van der Waals surface area contributed by atoms with E-state index in [2.05, 4.69) is 0 Å². The normalized spacial score (nSPS) is 20.6. The third kappa shape index (κ3) is 1.26. The summed E-state index contributed by atoms with van der Waals surface area (Å²) in [6, 6.07) is 3.07. The second kappa shape index (κ2) is 2.82. The van der Waals surface area contributed by atoms with Gasteiger partial charge in [0.2, 0.25) is 0 Å². The highest BCUT2D eigenvalue weighted by Crippen LogP contribution is 2.24. The molecule has 68 valence electrons. The molecule has 1 N–H and O–H groups in total. The molecule has 0 saturated carbocycles. The van der Waals surface area contributed by atoms with E-state index >= 15 is 0 Å².